The lowest BCUT2D eigenvalue weighted by Gasteiger charge is -2.09. The van der Waals surface area contributed by atoms with Gasteiger partial charge >= 0.3 is 6.18 Å². The van der Waals surface area contributed by atoms with Crippen LogP contribution in [0.25, 0.3) is 11.5 Å². The summed E-state index contributed by atoms with van der Waals surface area (Å²) in [5.74, 6) is 0.286. The van der Waals surface area contributed by atoms with Crippen molar-refractivity contribution in [3.63, 3.8) is 0 Å². The highest BCUT2D eigenvalue weighted by molar-refractivity contribution is 5.59. The minimum atomic E-state index is -4.44. The first-order valence-corrected chi connectivity index (χ1v) is 5.40. The van der Waals surface area contributed by atoms with E-state index in [-0.39, 0.29) is 17.4 Å². The van der Waals surface area contributed by atoms with Crippen LogP contribution in [0.3, 0.4) is 0 Å². The Balaban J connectivity index is 2.50. The van der Waals surface area contributed by atoms with Crippen LogP contribution >= 0.6 is 0 Å². The smallest absolute Gasteiger partial charge is 0.334 e. The maximum absolute atomic E-state index is 12.8. The van der Waals surface area contributed by atoms with Crippen LogP contribution in [0.2, 0.25) is 0 Å². The lowest BCUT2D eigenvalue weighted by atomic mass is 10.1. The molecule has 0 spiro atoms. The van der Waals surface area contributed by atoms with Crippen LogP contribution in [0.4, 0.5) is 13.2 Å². The van der Waals surface area contributed by atoms with Gasteiger partial charge in [0.2, 0.25) is 0 Å². The minimum absolute atomic E-state index is 0.000508. The SMILES string of the molecule is CC(C)c1noc(-c2ccccc2C(F)(F)F)n1. The van der Waals surface area contributed by atoms with Gasteiger partial charge in [-0.15, -0.1) is 0 Å². The first-order valence-electron chi connectivity index (χ1n) is 5.40. The number of alkyl halides is 3. The fourth-order valence-corrected chi connectivity index (χ4v) is 1.50. The number of hydrogen-bond acceptors (Lipinski definition) is 3. The van der Waals surface area contributed by atoms with Gasteiger partial charge in [0.25, 0.3) is 5.89 Å². The fraction of sp³-hybridized carbons (Fsp3) is 0.333. The van der Waals surface area contributed by atoms with E-state index in [0.29, 0.717) is 5.82 Å². The molecule has 96 valence electrons. The molecular formula is C12H11F3N2O. The van der Waals surface area contributed by atoms with Gasteiger partial charge < -0.3 is 4.52 Å². The van der Waals surface area contributed by atoms with Gasteiger partial charge in [-0.1, -0.05) is 31.1 Å². The predicted molar refractivity (Wildman–Crippen MR) is 58.8 cm³/mol. The summed E-state index contributed by atoms with van der Waals surface area (Å²) in [5, 5.41) is 3.66. The molecule has 18 heavy (non-hydrogen) atoms. The molecule has 0 aliphatic rings. The van der Waals surface area contributed by atoms with Crippen molar-refractivity contribution >= 4 is 0 Å². The second-order valence-corrected chi connectivity index (χ2v) is 4.16. The van der Waals surface area contributed by atoms with Gasteiger partial charge in [0.15, 0.2) is 5.82 Å². The molecule has 2 aromatic rings. The molecule has 0 aliphatic heterocycles. The van der Waals surface area contributed by atoms with Gasteiger partial charge in [-0.3, -0.25) is 0 Å². The Bertz CT molecular complexity index is 546. The van der Waals surface area contributed by atoms with Crippen LogP contribution in [0.1, 0.15) is 31.2 Å². The minimum Gasteiger partial charge on any atom is -0.334 e. The Morgan fingerprint density at radius 3 is 2.39 bits per heavy atom. The monoisotopic (exact) mass is 256 g/mol. The zero-order chi connectivity index (χ0) is 13.3. The Labute approximate surface area is 102 Å². The average Bonchev–Trinajstić information content (AvgIpc) is 2.77. The molecule has 0 bridgehead atoms. The van der Waals surface area contributed by atoms with Crippen LogP contribution < -0.4 is 0 Å². The molecule has 1 aromatic carbocycles. The molecular weight excluding hydrogens is 245 g/mol. The van der Waals surface area contributed by atoms with E-state index in [1.165, 1.54) is 18.2 Å². The van der Waals surface area contributed by atoms with E-state index < -0.39 is 11.7 Å². The summed E-state index contributed by atoms with van der Waals surface area (Å²) in [4.78, 5) is 3.98. The number of aromatic nitrogens is 2. The fourth-order valence-electron chi connectivity index (χ4n) is 1.50. The van der Waals surface area contributed by atoms with E-state index in [4.69, 9.17) is 4.52 Å². The first kappa shape index (κ1) is 12.6. The third kappa shape index (κ3) is 2.37. The molecule has 0 atom stereocenters. The number of nitrogens with zero attached hydrogens (tertiary/aromatic N) is 2. The summed E-state index contributed by atoms with van der Waals surface area (Å²) in [5.41, 5.74) is -0.867. The lowest BCUT2D eigenvalue weighted by molar-refractivity contribution is -0.137. The molecule has 0 saturated heterocycles. The molecule has 6 heteroatoms. The summed E-state index contributed by atoms with van der Waals surface area (Å²) >= 11 is 0. The summed E-state index contributed by atoms with van der Waals surface area (Å²) in [6.45, 7) is 3.68. The average molecular weight is 256 g/mol. The highest BCUT2D eigenvalue weighted by Crippen LogP contribution is 2.36. The van der Waals surface area contributed by atoms with E-state index in [0.717, 1.165) is 6.07 Å². The van der Waals surface area contributed by atoms with Crippen molar-refractivity contribution in [1.82, 2.24) is 10.1 Å². The normalized spacial score (nSPS) is 12.1. The van der Waals surface area contributed by atoms with Crippen molar-refractivity contribution in [2.75, 3.05) is 0 Å². The van der Waals surface area contributed by atoms with Crippen LogP contribution in [0.15, 0.2) is 28.8 Å². The predicted octanol–water partition coefficient (Wildman–Crippen LogP) is 3.88. The van der Waals surface area contributed by atoms with E-state index in [9.17, 15) is 13.2 Å². The van der Waals surface area contributed by atoms with Gasteiger partial charge in [0.05, 0.1) is 11.1 Å². The topological polar surface area (TPSA) is 38.9 Å². The second-order valence-electron chi connectivity index (χ2n) is 4.16. The van der Waals surface area contributed by atoms with Gasteiger partial charge in [-0.2, -0.15) is 18.2 Å². The molecule has 0 fully saturated rings. The Morgan fingerprint density at radius 2 is 1.83 bits per heavy atom. The first-order chi connectivity index (χ1) is 8.39. The summed E-state index contributed by atoms with van der Waals surface area (Å²) < 4.78 is 43.3. The van der Waals surface area contributed by atoms with Crippen LogP contribution in [-0.4, -0.2) is 10.1 Å². The number of hydrogen-bond donors (Lipinski definition) is 0. The lowest BCUT2D eigenvalue weighted by Crippen LogP contribution is -2.06. The maximum atomic E-state index is 12.8. The molecule has 0 unspecified atom stereocenters. The van der Waals surface area contributed by atoms with Crippen molar-refractivity contribution in [2.24, 2.45) is 0 Å². The van der Waals surface area contributed by atoms with E-state index in [1.54, 1.807) is 0 Å². The Morgan fingerprint density at radius 1 is 1.17 bits per heavy atom. The third-order valence-corrected chi connectivity index (χ3v) is 2.42. The van der Waals surface area contributed by atoms with E-state index in [2.05, 4.69) is 10.1 Å². The summed E-state index contributed by atoms with van der Waals surface area (Å²) in [6.07, 6.45) is -4.44. The molecule has 0 saturated carbocycles. The van der Waals surface area contributed by atoms with Crippen molar-refractivity contribution in [3.8, 4) is 11.5 Å². The van der Waals surface area contributed by atoms with E-state index >= 15 is 0 Å². The molecule has 0 N–H and O–H groups in total. The largest absolute Gasteiger partial charge is 0.417 e. The summed E-state index contributed by atoms with van der Waals surface area (Å²) in [7, 11) is 0. The van der Waals surface area contributed by atoms with Gasteiger partial charge in [0.1, 0.15) is 0 Å². The van der Waals surface area contributed by atoms with E-state index in [1.807, 2.05) is 13.8 Å². The van der Waals surface area contributed by atoms with Crippen molar-refractivity contribution in [1.29, 1.82) is 0 Å². The van der Waals surface area contributed by atoms with Gasteiger partial charge in [0, 0.05) is 5.92 Å². The molecule has 3 nitrogen and oxygen atoms in total. The number of benzene rings is 1. The van der Waals surface area contributed by atoms with Crippen molar-refractivity contribution < 1.29 is 17.7 Å². The molecule has 0 radical (unpaired) electrons. The van der Waals surface area contributed by atoms with Crippen LogP contribution in [0.5, 0.6) is 0 Å². The molecule has 0 amide bonds. The highest BCUT2D eigenvalue weighted by atomic mass is 19.4. The quantitative estimate of drug-likeness (QED) is 0.818. The molecule has 1 aromatic heterocycles. The molecule has 2 rings (SSSR count). The van der Waals surface area contributed by atoms with Crippen molar-refractivity contribution in [2.45, 2.75) is 25.9 Å². The van der Waals surface area contributed by atoms with Gasteiger partial charge in [-0.05, 0) is 12.1 Å². The molecule has 0 aliphatic carbocycles. The second kappa shape index (κ2) is 4.44. The summed E-state index contributed by atoms with van der Waals surface area (Å²) in [6, 6.07) is 5.14. The zero-order valence-corrected chi connectivity index (χ0v) is 9.82. The number of rotatable bonds is 2. The highest BCUT2D eigenvalue weighted by Gasteiger charge is 2.34. The number of halogens is 3. The van der Waals surface area contributed by atoms with Crippen molar-refractivity contribution in [3.05, 3.63) is 35.7 Å². The Hall–Kier alpha value is -1.85. The standard InChI is InChI=1S/C12H11F3N2O/c1-7(2)10-16-11(18-17-10)8-5-3-4-6-9(8)12(13,14)15/h3-7H,1-2H3. The van der Waals surface area contributed by atoms with Gasteiger partial charge in [-0.25, -0.2) is 0 Å². The Kier molecular flexibility index (Phi) is 3.11. The third-order valence-electron chi connectivity index (χ3n) is 2.42. The van der Waals surface area contributed by atoms with Crippen LogP contribution in [-0.2, 0) is 6.18 Å². The maximum Gasteiger partial charge on any atom is 0.417 e. The molecule has 1 heterocycles. The van der Waals surface area contributed by atoms with Crippen LogP contribution in [0, 0.1) is 0 Å². The zero-order valence-electron chi connectivity index (χ0n) is 9.82.